The molecule has 3 aromatic heterocycles. The van der Waals surface area contributed by atoms with E-state index in [1.807, 2.05) is 29.2 Å². The number of aryl methyl sites for hydroxylation is 1. The van der Waals surface area contributed by atoms with Crippen LogP contribution in [0.3, 0.4) is 0 Å². The maximum absolute atomic E-state index is 5.09. The van der Waals surface area contributed by atoms with Gasteiger partial charge in [0.05, 0.1) is 25.0 Å². The van der Waals surface area contributed by atoms with E-state index >= 15 is 0 Å². The molecule has 1 aliphatic carbocycles. The summed E-state index contributed by atoms with van der Waals surface area (Å²) in [5, 5.41) is 7.76. The van der Waals surface area contributed by atoms with Crippen molar-refractivity contribution in [3.8, 4) is 11.4 Å². The summed E-state index contributed by atoms with van der Waals surface area (Å²) in [7, 11) is 1.69. The van der Waals surface area contributed by atoms with Crippen LogP contribution >= 0.6 is 0 Å². The molecule has 7 heteroatoms. The molecule has 128 valence electrons. The molecule has 0 fully saturated rings. The molecule has 0 spiro atoms. The lowest BCUT2D eigenvalue weighted by atomic mass is 10.2. The highest BCUT2D eigenvalue weighted by Crippen LogP contribution is 2.30. The van der Waals surface area contributed by atoms with Gasteiger partial charge in [-0.25, -0.2) is 9.97 Å². The molecule has 4 rings (SSSR count). The van der Waals surface area contributed by atoms with E-state index in [1.165, 1.54) is 5.56 Å². The largest absolute Gasteiger partial charge is 0.383 e. The predicted octanol–water partition coefficient (Wildman–Crippen LogP) is 2.61. The van der Waals surface area contributed by atoms with Gasteiger partial charge in [0.1, 0.15) is 5.82 Å². The van der Waals surface area contributed by atoms with Crippen molar-refractivity contribution in [2.75, 3.05) is 19.0 Å². The van der Waals surface area contributed by atoms with Gasteiger partial charge in [0.25, 0.3) is 0 Å². The number of anilines is 2. The highest BCUT2D eigenvalue weighted by Gasteiger charge is 2.20. The second kappa shape index (κ2) is 6.98. The SMILES string of the molecule is COCCn1cc(Nc2nc(-c3cccnc3)nc3c2CCC3)cn1. The fraction of sp³-hybridized carbons (Fsp3) is 0.333. The van der Waals surface area contributed by atoms with Crippen molar-refractivity contribution in [1.29, 1.82) is 0 Å². The van der Waals surface area contributed by atoms with Gasteiger partial charge in [0, 0.05) is 42.5 Å². The van der Waals surface area contributed by atoms with Gasteiger partial charge in [-0.3, -0.25) is 9.67 Å². The molecule has 0 atom stereocenters. The lowest BCUT2D eigenvalue weighted by Gasteiger charge is -2.11. The number of nitrogens with zero attached hydrogens (tertiary/aromatic N) is 5. The van der Waals surface area contributed by atoms with Crippen molar-refractivity contribution in [1.82, 2.24) is 24.7 Å². The quantitative estimate of drug-likeness (QED) is 0.745. The molecular formula is C18H20N6O. The third-order valence-electron chi connectivity index (χ3n) is 4.27. The van der Waals surface area contributed by atoms with Crippen molar-refractivity contribution in [3.63, 3.8) is 0 Å². The first-order valence-electron chi connectivity index (χ1n) is 8.42. The van der Waals surface area contributed by atoms with E-state index in [0.29, 0.717) is 12.4 Å². The Labute approximate surface area is 146 Å². The number of methoxy groups -OCH3 is 1. The van der Waals surface area contributed by atoms with E-state index in [4.69, 9.17) is 14.7 Å². The molecule has 1 aliphatic rings. The molecule has 0 aliphatic heterocycles. The van der Waals surface area contributed by atoms with E-state index in [0.717, 1.165) is 48.6 Å². The van der Waals surface area contributed by atoms with Crippen LogP contribution in [0.5, 0.6) is 0 Å². The molecule has 0 saturated heterocycles. The van der Waals surface area contributed by atoms with Crippen molar-refractivity contribution >= 4 is 11.5 Å². The van der Waals surface area contributed by atoms with E-state index < -0.39 is 0 Å². The fourth-order valence-electron chi connectivity index (χ4n) is 3.03. The zero-order valence-corrected chi connectivity index (χ0v) is 14.1. The Balaban J connectivity index is 1.64. The van der Waals surface area contributed by atoms with Gasteiger partial charge >= 0.3 is 0 Å². The zero-order chi connectivity index (χ0) is 17.1. The third-order valence-corrected chi connectivity index (χ3v) is 4.27. The summed E-state index contributed by atoms with van der Waals surface area (Å²) in [5.74, 6) is 1.58. The van der Waals surface area contributed by atoms with Gasteiger partial charge in [-0.15, -0.1) is 0 Å². The molecule has 0 saturated carbocycles. The minimum Gasteiger partial charge on any atom is -0.383 e. The Morgan fingerprint density at radius 2 is 2.20 bits per heavy atom. The summed E-state index contributed by atoms with van der Waals surface area (Å²) in [6.45, 7) is 1.36. The molecule has 7 nitrogen and oxygen atoms in total. The first-order chi connectivity index (χ1) is 12.3. The normalized spacial score (nSPS) is 13.0. The first-order valence-corrected chi connectivity index (χ1v) is 8.42. The minimum atomic E-state index is 0.634. The topological polar surface area (TPSA) is 77.8 Å². The monoisotopic (exact) mass is 336 g/mol. The highest BCUT2D eigenvalue weighted by molar-refractivity contribution is 5.64. The lowest BCUT2D eigenvalue weighted by molar-refractivity contribution is 0.183. The average molecular weight is 336 g/mol. The second-order valence-corrected chi connectivity index (χ2v) is 6.03. The smallest absolute Gasteiger partial charge is 0.163 e. The molecule has 0 bridgehead atoms. The Kier molecular flexibility index (Phi) is 4.39. The summed E-state index contributed by atoms with van der Waals surface area (Å²) in [4.78, 5) is 13.7. The van der Waals surface area contributed by atoms with Gasteiger partial charge in [-0.05, 0) is 31.4 Å². The third kappa shape index (κ3) is 3.36. The number of hydrogen-bond acceptors (Lipinski definition) is 6. The van der Waals surface area contributed by atoms with Gasteiger partial charge < -0.3 is 10.1 Å². The number of nitrogens with one attached hydrogen (secondary N) is 1. The number of fused-ring (bicyclic) bond motifs is 1. The summed E-state index contributed by atoms with van der Waals surface area (Å²) < 4.78 is 6.95. The van der Waals surface area contributed by atoms with Crippen LogP contribution in [0.2, 0.25) is 0 Å². The van der Waals surface area contributed by atoms with Crippen LogP contribution in [-0.2, 0) is 24.1 Å². The van der Waals surface area contributed by atoms with Gasteiger partial charge in [0.15, 0.2) is 5.82 Å². The Hall–Kier alpha value is -2.80. The Morgan fingerprint density at radius 3 is 3.04 bits per heavy atom. The van der Waals surface area contributed by atoms with Crippen LogP contribution < -0.4 is 5.32 Å². The van der Waals surface area contributed by atoms with Crippen molar-refractivity contribution in [2.45, 2.75) is 25.8 Å². The van der Waals surface area contributed by atoms with Crippen molar-refractivity contribution in [3.05, 3.63) is 48.2 Å². The first kappa shape index (κ1) is 15.7. The number of ether oxygens (including phenoxy) is 1. The van der Waals surface area contributed by atoms with Crippen LogP contribution in [-0.4, -0.2) is 38.4 Å². The molecule has 0 unspecified atom stereocenters. The van der Waals surface area contributed by atoms with Crippen molar-refractivity contribution in [2.24, 2.45) is 0 Å². The number of pyridine rings is 1. The standard InChI is InChI=1S/C18H20N6O/c1-25-9-8-24-12-14(11-20-24)21-18-15-5-2-6-16(15)22-17(23-18)13-4-3-7-19-10-13/h3-4,7,10-12H,2,5-6,8-9H2,1H3,(H,21,22,23). The number of rotatable bonds is 6. The molecule has 0 amide bonds. The number of hydrogen-bond donors (Lipinski definition) is 1. The maximum Gasteiger partial charge on any atom is 0.163 e. The van der Waals surface area contributed by atoms with Gasteiger partial charge in [-0.2, -0.15) is 5.10 Å². The van der Waals surface area contributed by atoms with E-state index in [1.54, 1.807) is 19.5 Å². The van der Waals surface area contributed by atoms with Gasteiger partial charge in [0.2, 0.25) is 0 Å². The summed E-state index contributed by atoms with van der Waals surface area (Å²) in [5.41, 5.74) is 4.18. The van der Waals surface area contributed by atoms with Crippen LogP contribution in [0.1, 0.15) is 17.7 Å². The lowest BCUT2D eigenvalue weighted by Crippen LogP contribution is -2.05. The number of aromatic nitrogens is 5. The summed E-state index contributed by atoms with van der Waals surface area (Å²) in [6.07, 6.45) is 10.4. The molecule has 3 aromatic rings. The molecule has 0 aromatic carbocycles. The minimum absolute atomic E-state index is 0.634. The molecular weight excluding hydrogens is 316 g/mol. The van der Waals surface area contributed by atoms with E-state index in [-0.39, 0.29) is 0 Å². The van der Waals surface area contributed by atoms with Gasteiger partial charge in [-0.1, -0.05) is 0 Å². The summed E-state index contributed by atoms with van der Waals surface area (Å²) in [6, 6.07) is 3.88. The molecule has 3 heterocycles. The molecule has 0 radical (unpaired) electrons. The highest BCUT2D eigenvalue weighted by atomic mass is 16.5. The molecule has 25 heavy (non-hydrogen) atoms. The molecule has 1 N–H and O–H groups in total. The Bertz CT molecular complexity index is 861. The van der Waals surface area contributed by atoms with Crippen LogP contribution in [0.4, 0.5) is 11.5 Å². The zero-order valence-electron chi connectivity index (χ0n) is 14.1. The van der Waals surface area contributed by atoms with Crippen LogP contribution in [0.25, 0.3) is 11.4 Å². The Morgan fingerprint density at radius 1 is 1.24 bits per heavy atom. The van der Waals surface area contributed by atoms with E-state index in [2.05, 4.69) is 15.4 Å². The predicted molar refractivity (Wildman–Crippen MR) is 94.7 cm³/mol. The van der Waals surface area contributed by atoms with Crippen molar-refractivity contribution < 1.29 is 4.74 Å². The van der Waals surface area contributed by atoms with E-state index in [9.17, 15) is 0 Å². The average Bonchev–Trinajstić information content (AvgIpc) is 3.30. The van der Waals surface area contributed by atoms with Crippen LogP contribution in [0.15, 0.2) is 36.9 Å². The fourth-order valence-corrected chi connectivity index (χ4v) is 3.03. The maximum atomic E-state index is 5.09. The van der Waals surface area contributed by atoms with Crippen LogP contribution in [0, 0.1) is 0 Å². The second-order valence-electron chi connectivity index (χ2n) is 6.03. The summed E-state index contributed by atoms with van der Waals surface area (Å²) >= 11 is 0.